The molecular weight excluding hydrogens is 507 g/mol. The van der Waals surface area contributed by atoms with E-state index in [0.717, 1.165) is 0 Å². The number of nitrogens with one attached hydrogen (secondary N) is 1. The molecule has 10 heteroatoms. The molecule has 0 aliphatic rings. The van der Waals surface area contributed by atoms with Crippen LogP contribution >= 0.6 is 35.6 Å². The van der Waals surface area contributed by atoms with E-state index in [1.807, 2.05) is 0 Å². The van der Waals surface area contributed by atoms with Gasteiger partial charge in [-0.2, -0.15) is 8.78 Å². The minimum Gasteiger partial charge on any atom is -0.495 e. The lowest BCUT2D eigenvalue weighted by Gasteiger charge is -2.14. The summed E-state index contributed by atoms with van der Waals surface area (Å²) in [6, 6.07) is 9.85. The molecule has 3 N–H and O–H groups in total. The van der Waals surface area contributed by atoms with Crippen molar-refractivity contribution in [3.8, 4) is 17.2 Å². The molecule has 0 unspecified atom stereocenters. The number of methoxy groups -OCH3 is 1. The van der Waals surface area contributed by atoms with Crippen molar-refractivity contribution >= 4 is 47.2 Å². The van der Waals surface area contributed by atoms with E-state index < -0.39 is 6.61 Å². The number of halogens is 4. The number of nitrogens with two attached hydrogens (primary N) is 1. The summed E-state index contributed by atoms with van der Waals surface area (Å²) in [5.41, 5.74) is 6.89. The van der Waals surface area contributed by atoms with Crippen LogP contribution in [-0.4, -0.2) is 26.3 Å². The third-order valence-electron chi connectivity index (χ3n) is 3.41. The van der Waals surface area contributed by atoms with Gasteiger partial charge in [-0.1, -0.05) is 23.7 Å². The monoisotopic (exact) mass is 527 g/mol. The molecule has 0 bridgehead atoms. The van der Waals surface area contributed by atoms with Gasteiger partial charge >= 0.3 is 6.61 Å². The molecule has 0 aliphatic heterocycles. The molecule has 0 saturated carbocycles. The van der Waals surface area contributed by atoms with Crippen molar-refractivity contribution in [2.45, 2.75) is 20.1 Å². The number of aliphatic imine (C=N–C) groups is 1. The number of rotatable bonds is 8. The number of anilines is 1. The van der Waals surface area contributed by atoms with Gasteiger partial charge in [0.15, 0.2) is 17.5 Å². The fourth-order valence-corrected chi connectivity index (χ4v) is 2.54. The Morgan fingerprint density at radius 2 is 2.00 bits per heavy atom. The Morgan fingerprint density at radius 3 is 2.61 bits per heavy atom. The molecule has 0 atom stereocenters. The molecule has 0 spiro atoms. The molecular formula is C18H21ClF2IN3O3. The molecule has 0 aliphatic carbocycles. The quantitative estimate of drug-likeness (QED) is 0.290. The van der Waals surface area contributed by atoms with E-state index in [-0.39, 0.29) is 48.0 Å². The van der Waals surface area contributed by atoms with E-state index in [2.05, 4.69) is 15.0 Å². The molecule has 154 valence electrons. The summed E-state index contributed by atoms with van der Waals surface area (Å²) in [6.45, 7) is -0.898. The van der Waals surface area contributed by atoms with Gasteiger partial charge in [-0.25, -0.2) is 4.99 Å². The summed E-state index contributed by atoms with van der Waals surface area (Å²) in [6.07, 6.45) is 0. The lowest BCUT2D eigenvalue weighted by Crippen LogP contribution is -2.22. The van der Waals surface area contributed by atoms with Gasteiger partial charge in [-0.3, -0.25) is 0 Å². The van der Waals surface area contributed by atoms with E-state index in [9.17, 15) is 8.78 Å². The standard InChI is InChI=1S/C18H20ClF2N3O3.HI/c1-3-26-15-6-4-5-11(16(15)27-17(20)21)10-23-18(22)24-12-7-8-14(25-2)13(19)9-12;/h4-9,17H,3,10H2,1-2H3,(H3,22,23,24);1H. The molecule has 2 rings (SSSR count). The summed E-state index contributed by atoms with van der Waals surface area (Å²) in [5, 5.41) is 3.28. The highest BCUT2D eigenvalue weighted by molar-refractivity contribution is 14.0. The van der Waals surface area contributed by atoms with Crippen LogP contribution in [0.3, 0.4) is 0 Å². The maximum absolute atomic E-state index is 12.7. The van der Waals surface area contributed by atoms with E-state index in [1.165, 1.54) is 7.11 Å². The number of nitrogens with zero attached hydrogens (tertiary/aromatic N) is 1. The Labute approximate surface area is 184 Å². The minimum absolute atomic E-state index is 0. The molecule has 0 amide bonds. The van der Waals surface area contributed by atoms with Crippen LogP contribution < -0.4 is 25.3 Å². The topological polar surface area (TPSA) is 78.1 Å². The van der Waals surface area contributed by atoms with Crippen LogP contribution in [0.25, 0.3) is 0 Å². The molecule has 0 aromatic heterocycles. The highest BCUT2D eigenvalue weighted by atomic mass is 127. The molecule has 2 aromatic carbocycles. The second-order valence-electron chi connectivity index (χ2n) is 5.23. The Hall–Kier alpha value is -2.01. The number of benzene rings is 2. The van der Waals surface area contributed by atoms with Gasteiger partial charge in [0.25, 0.3) is 0 Å². The fourth-order valence-electron chi connectivity index (χ4n) is 2.28. The fraction of sp³-hybridized carbons (Fsp3) is 0.278. The van der Waals surface area contributed by atoms with Crippen LogP contribution in [0, 0.1) is 0 Å². The zero-order valence-electron chi connectivity index (χ0n) is 15.2. The van der Waals surface area contributed by atoms with Gasteiger partial charge in [0.2, 0.25) is 0 Å². The van der Waals surface area contributed by atoms with Crippen molar-refractivity contribution in [3.63, 3.8) is 0 Å². The minimum atomic E-state index is -2.98. The lowest BCUT2D eigenvalue weighted by atomic mass is 10.2. The van der Waals surface area contributed by atoms with E-state index in [0.29, 0.717) is 28.6 Å². The molecule has 0 heterocycles. The van der Waals surface area contributed by atoms with E-state index >= 15 is 0 Å². The van der Waals surface area contributed by atoms with Gasteiger partial charge in [0.05, 0.1) is 25.3 Å². The first kappa shape index (κ1) is 24.0. The van der Waals surface area contributed by atoms with Gasteiger partial charge in [-0.15, -0.1) is 24.0 Å². The Kier molecular flexibility index (Phi) is 10.1. The van der Waals surface area contributed by atoms with Gasteiger partial charge in [0.1, 0.15) is 5.75 Å². The zero-order chi connectivity index (χ0) is 19.8. The van der Waals surface area contributed by atoms with Gasteiger partial charge < -0.3 is 25.3 Å². The highest BCUT2D eigenvalue weighted by Crippen LogP contribution is 2.33. The predicted octanol–water partition coefficient (Wildman–Crippen LogP) is 4.89. The average Bonchev–Trinajstić information content (AvgIpc) is 2.62. The number of para-hydroxylation sites is 1. The van der Waals surface area contributed by atoms with Gasteiger partial charge in [0, 0.05) is 11.3 Å². The molecule has 0 saturated heterocycles. The van der Waals surface area contributed by atoms with Crippen LogP contribution in [0.5, 0.6) is 17.2 Å². The van der Waals surface area contributed by atoms with Crippen LogP contribution in [0.2, 0.25) is 5.02 Å². The molecule has 0 radical (unpaired) electrons. The lowest BCUT2D eigenvalue weighted by molar-refractivity contribution is -0.0520. The van der Waals surface area contributed by atoms with Crippen molar-refractivity contribution in [2.75, 3.05) is 19.0 Å². The van der Waals surface area contributed by atoms with Gasteiger partial charge in [-0.05, 0) is 31.2 Å². The summed E-state index contributed by atoms with van der Waals surface area (Å²) in [7, 11) is 1.51. The number of alkyl halides is 2. The summed E-state index contributed by atoms with van der Waals surface area (Å²) >= 11 is 6.06. The average molecular weight is 528 g/mol. The van der Waals surface area contributed by atoms with Crippen molar-refractivity contribution < 1.29 is 23.0 Å². The molecule has 2 aromatic rings. The predicted molar refractivity (Wildman–Crippen MR) is 117 cm³/mol. The molecule has 0 fully saturated rings. The third kappa shape index (κ3) is 6.86. The first-order valence-electron chi connectivity index (χ1n) is 8.04. The SMILES string of the molecule is CCOc1cccc(CN=C(N)Nc2ccc(OC)c(Cl)c2)c1OC(F)F.I. The Bertz CT molecular complexity index is 810. The summed E-state index contributed by atoms with van der Waals surface area (Å²) < 4.78 is 40.5. The smallest absolute Gasteiger partial charge is 0.387 e. The normalized spacial score (nSPS) is 11.0. The van der Waals surface area contributed by atoms with E-state index in [1.54, 1.807) is 43.3 Å². The third-order valence-corrected chi connectivity index (χ3v) is 3.71. The second-order valence-corrected chi connectivity index (χ2v) is 5.64. The number of ether oxygens (including phenoxy) is 3. The van der Waals surface area contributed by atoms with Crippen molar-refractivity contribution in [3.05, 3.63) is 47.0 Å². The highest BCUT2D eigenvalue weighted by Gasteiger charge is 2.15. The van der Waals surface area contributed by atoms with Crippen molar-refractivity contribution in [1.82, 2.24) is 0 Å². The largest absolute Gasteiger partial charge is 0.495 e. The number of guanidine groups is 1. The number of hydrogen-bond donors (Lipinski definition) is 2. The maximum atomic E-state index is 12.7. The maximum Gasteiger partial charge on any atom is 0.387 e. The summed E-state index contributed by atoms with van der Waals surface area (Å²) in [5.74, 6) is 0.776. The van der Waals surface area contributed by atoms with Crippen molar-refractivity contribution in [2.24, 2.45) is 10.7 Å². The Morgan fingerprint density at radius 1 is 1.25 bits per heavy atom. The first-order chi connectivity index (χ1) is 12.9. The zero-order valence-corrected chi connectivity index (χ0v) is 18.3. The first-order valence-corrected chi connectivity index (χ1v) is 8.42. The second kappa shape index (κ2) is 11.7. The van der Waals surface area contributed by atoms with Crippen LogP contribution in [0.15, 0.2) is 41.4 Å². The summed E-state index contributed by atoms with van der Waals surface area (Å²) in [4.78, 5) is 4.16. The van der Waals surface area contributed by atoms with Crippen LogP contribution in [0.1, 0.15) is 12.5 Å². The Balaban J connectivity index is 0.00000392. The van der Waals surface area contributed by atoms with Crippen LogP contribution in [-0.2, 0) is 6.54 Å². The molecule has 6 nitrogen and oxygen atoms in total. The van der Waals surface area contributed by atoms with Crippen molar-refractivity contribution in [1.29, 1.82) is 0 Å². The number of hydrogen-bond acceptors (Lipinski definition) is 4. The van der Waals surface area contributed by atoms with E-state index in [4.69, 9.17) is 26.8 Å². The molecule has 28 heavy (non-hydrogen) atoms. The van der Waals surface area contributed by atoms with Crippen LogP contribution in [0.4, 0.5) is 14.5 Å².